The van der Waals surface area contributed by atoms with Crippen LogP contribution in [-0.4, -0.2) is 44.0 Å². The molecule has 5 rings (SSSR count). The smallest absolute Gasteiger partial charge is 0.258 e. The summed E-state index contributed by atoms with van der Waals surface area (Å²) in [7, 11) is 3.14. The summed E-state index contributed by atoms with van der Waals surface area (Å²) in [6.07, 6.45) is 0. The monoisotopic (exact) mass is 585 g/mol. The van der Waals surface area contributed by atoms with Crippen molar-refractivity contribution in [1.29, 1.82) is 0 Å². The van der Waals surface area contributed by atoms with E-state index in [4.69, 9.17) is 27.8 Å². The predicted octanol–water partition coefficient (Wildman–Crippen LogP) is 4.36. The predicted molar refractivity (Wildman–Crippen MR) is 166 cm³/mol. The fourth-order valence-corrected chi connectivity index (χ4v) is 5.64. The van der Waals surface area contributed by atoms with Crippen LogP contribution in [-0.2, 0) is 16.1 Å². The van der Waals surface area contributed by atoms with Gasteiger partial charge in [-0.05, 0) is 73.3 Å². The number of likely N-dealkylation sites (N-methyl/N-ethyl adjacent to an activating group) is 1. The second kappa shape index (κ2) is 11.3. The molecule has 0 saturated heterocycles. The average molecular weight is 586 g/mol. The van der Waals surface area contributed by atoms with E-state index in [0.29, 0.717) is 33.4 Å². The van der Waals surface area contributed by atoms with Gasteiger partial charge in [-0.1, -0.05) is 41.9 Å². The lowest BCUT2D eigenvalue weighted by atomic mass is 9.83. The summed E-state index contributed by atoms with van der Waals surface area (Å²) in [5, 5.41) is 5.22. The molecule has 1 aliphatic rings. The quantitative estimate of drug-likeness (QED) is 0.276. The third-order valence-corrected chi connectivity index (χ3v) is 8.35. The molecule has 5 N–H and O–H groups in total. The minimum atomic E-state index is -1.50. The van der Waals surface area contributed by atoms with Gasteiger partial charge >= 0.3 is 0 Å². The number of benzene rings is 4. The zero-order valence-electron chi connectivity index (χ0n) is 23.6. The SMILES string of the molecule is CNC(C)(C(N)=O)[C@@H]1CN(C(=O)c2ccc(N)cc2)c2cc(Cl)ccc2N(Cc2c(OC)ccc3ccccc23)C1=O. The molecule has 0 aromatic heterocycles. The molecular formula is C32H32ClN5O4. The van der Waals surface area contributed by atoms with Gasteiger partial charge < -0.3 is 31.3 Å². The molecule has 1 heterocycles. The van der Waals surface area contributed by atoms with Crippen LogP contribution >= 0.6 is 11.6 Å². The van der Waals surface area contributed by atoms with Crippen LogP contribution in [0.25, 0.3) is 10.8 Å². The number of amides is 3. The number of rotatable bonds is 7. The van der Waals surface area contributed by atoms with Gasteiger partial charge in [0.25, 0.3) is 5.91 Å². The van der Waals surface area contributed by atoms with E-state index in [1.54, 1.807) is 68.4 Å². The van der Waals surface area contributed by atoms with E-state index in [9.17, 15) is 14.4 Å². The van der Waals surface area contributed by atoms with Crippen LogP contribution in [0.5, 0.6) is 5.75 Å². The van der Waals surface area contributed by atoms with Gasteiger partial charge in [0.15, 0.2) is 0 Å². The first kappa shape index (κ1) is 28.9. The molecule has 0 aliphatic carbocycles. The van der Waals surface area contributed by atoms with Crippen molar-refractivity contribution in [3.05, 3.63) is 95.0 Å². The Kier molecular flexibility index (Phi) is 7.81. The third kappa shape index (κ3) is 5.01. The first-order chi connectivity index (χ1) is 20.1. The van der Waals surface area contributed by atoms with Crippen LogP contribution in [0.15, 0.2) is 78.9 Å². The summed E-state index contributed by atoms with van der Waals surface area (Å²) >= 11 is 6.48. The van der Waals surface area contributed by atoms with Gasteiger partial charge in [-0.25, -0.2) is 0 Å². The number of halogens is 1. The van der Waals surface area contributed by atoms with Gasteiger partial charge in [-0.3, -0.25) is 14.4 Å². The van der Waals surface area contributed by atoms with E-state index in [2.05, 4.69) is 5.32 Å². The Labute approximate surface area is 249 Å². The number of nitrogens with two attached hydrogens (primary N) is 2. The lowest BCUT2D eigenvalue weighted by molar-refractivity contribution is -0.133. The zero-order chi connectivity index (χ0) is 30.2. The van der Waals surface area contributed by atoms with E-state index in [1.807, 2.05) is 36.4 Å². The highest BCUT2D eigenvalue weighted by molar-refractivity contribution is 6.31. The average Bonchev–Trinajstić information content (AvgIpc) is 3.11. The fourth-order valence-electron chi connectivity index (χ4n) is 5.47. The van der Waals surface area contributed by atoms with Crippen molar-refractivity contribution < 1.29 is 19.1 Å². The lowest BCUT2D eigenvalue weighted by Crippen LogP contribution is -2.63. The zero-order valence-corrected chi connectivity index (χ0v) is 24.3. The van der Waals surface area contributed by atoms with E-state index in [0.717, 1.165) is 16.3 Å². The van der Waals surface area contributed by atoms with E-state index in [1.165, 1.54) is 4.90 Å². The number of nitrogen functional groups attached to an aromatic ring is 1. The maximum absolute atomic E-state index is 14.6. The molecule has 1 unspecified atom stereocenters. The van der Waals surface area contributed by atoms with Gasteiger partial charge in [-0.2, -0.15) is 0 Å². The number of nitrogens with zero attached hydrogens (tertiary/aromatic N) is 2. The van der Waals surface area contributed by atoms with Crippen LogP contribution < -0.4 is 31.3 Å². The molecule has 4 aromatic rings. The number of primary amides is 1. The van der Waals surface area contributed by atoms with E-state index < -0.39 is 23.3 Å². The number of carbonyl (C=O) groups excluding carboxylic acids is 3. The van der Waals surface area contributed by atoms with Crippen LogP contribution in [0, 0.1) is 5.92 Å². The molecule has 10 heteroatoms. The Morgan fingerprint density at radius 1 is 1.05 bits per heavy atom. The number of nitrogens with one attached hydrogen (secondary N) is 1. The summed E-state index contributed by atoms with van der Waals surface area (Å²) < 4.78 is 5.73. The van der Waals surface area contributed by atoms with Crippen molar-refractivity contribution >= 4 is 57.2 Å². The first-order valence-electron chi connectivity index (χ1n) is 13.4. The minimum Gasteiger partial charge on any atom is -0.496 e. The largest absolute Gasteiger partial charge is 0.496 e. The minimum absolute atomic E-state index is 0.0942. The summed E-state index contributed by atoms with van der Waals surface area (Å²) in [5.41, 5.74) is 12.8. The molecule has 4 aromatic carbocycles. The molecule has 0 radical (unpaired) electrons. The van der Waals surface area contributed by atoms with Gasteiger partial charge in [0, 0.05) is 28.4 Å². The number of ether oxygens (including phenoxy) is 1. The Hall–Kier alpha value is -4.60. The molecule has 9 nitrogen and oxygen atoms in total. The highest BCUT2D eigenvalue weighted by Crippen LogP contribution is 2.41. The van der Waals surface area contributed by atoms with Crippen molar-refractivity contribution in [3.8, 4) is 5.75 Å². The van der Waals surface area contributed by atoms with Crippen molar-refractivity contribution in [1.82, 2.24) is 5.32 Å². The van der Waals surface area contributed by atoms with Crippen LogP contribution in [0.4, 0.5) is 17.1 Å². The highest BCUT2D eigenvalue weighted by Gasteiger charge is 2.49. The van der Waals surface area contributed by atoms with Gasteiger partial charge in [0.2, 0.25) is 11.8 Å². The van der Waals surface area contributed by atoms with Gasteiger partial charge in [0.1, 0.15) is 11.3 Å². The maximum Gasteiger partial charge on any atom is 0.258 e. The van der Waals surface area contributed by atoms with Crippen molar-refractivity contribution in [2.45, 2.75) is 19.0 Å². The molecule has 216 valence electrons. The standard InChI is InChI=1S/C32H32ClN5O4/c1-32(36-2,31(35)41)25-18-38(29(39)20-8-12-22(34)13-9-20)27-16-21(33)11-14-26(27)37(30(25)40)17-24-23-7-5-4-6-19(23)10-15-28(24)42-3/h4-16,25,36H,17-18,34H2,1-3H3,(H2,35,41)/t25-,32?/m1/s1. The fraction of sp³-hybridized carbons (Fsp3) is 0.219. The molecule has 1 aliphatic heterocycles. The van der Waals surface area contributed by atoms with Crippen molar-refractivity contribution in [2.75, 3.05) is 36.2 Å². The number of anilines is 3. The number of fused-ring (bicyclic) bond motifs is 2. The van der Waals surface area contributed by atoms with E-state index in [-0.39, 0.29) is 19.0 Å². The molecule has 3 amide bonds. The summed E-state index contributed by atoms with van der Waals surface area (Å²) in [4.78, 5) is 44.7. The number of hydrogen-bond acceptors (Lipinski definition) is 6. The highest BCUT2D eigenvalue weighted by atomic mass is 35.5. The molecule has 2 atom stereocenters. The number of methoxy groups -OCH3 is 1. The molecule has 0 saturated carbocycles. The Bertz CT molecular complexity index is 1690. The van der Waals surface area contributed by atoms with Crippen LogP contribution in [0.3, 0.4) is 0 Å². The van der Waals surface area contributed by atoms with Crippen LogP contribution in [0.1, 0.15) is 22.8 Å². The second-order valence-corrected chi connectivity index (χ2v) is 10.9. The number of hydrogen-bond donors (Lipinski definition) is 3. The van der Waals surface area contributed by atoms with E-state index >= 15 is 0 Å². The van der Waals surface area contributed by atoms with Gasteiger partial charge in [0.05, 0.1) is 30.9 Å². The molecule has 0 spiro atoms. The van der Waals surface area contributed by atoms with Crippen LogP contribution in [0.2, 0.25) is 5.02 Å². The van der Waals surface area contributed by atoms with Crippen molar-refractivity contribution in [3.63, 3.8) is 0 Å². The Morgan fingerprint density at radius 2 is 1.76 bits per heavy atom. The topological polar surface area (TPSA) is 131 Å². The third-order valence-electron chi connectivity index (χ3n) is 8.11. The Morgan fingerprint density at radius 3 is 2.43 bits per heavy atom. The summed E-state index contributed by atoms with van der Waals surface area (Å²) in [6.45, 7) is 1.53. The maximum atomic E-state index is 14.6. The first-order valence-corrected chi connectivity index (χ1v) is 13.8. The lowest BCUT2D eigenvalue weighted by Gasteiger charge is -2.36. The second-order valence-electron chi connectivity index (χ2n) is 10.4. The molecular weight excluding hydrogens is 554 g/mol. The molecule has 42 heavy (non-hydrogen) atoms. The summed E-state index contributed by atoms with van der Waals surface area (Å²) in [6, 6.07) is 23.1. The number of carbonyl (C=O) groups is 3. The summed E-state index contributed by atoms with van der Waals surface area (Å²) in [5.74, 6) is -1.97. The normalized spacial score (nSPS) is 16.5. The molecule has 0 fully saturated rings. The van der Waals surface area contributed by atoms with Gasteiger partial charge in [-0.15, -0.1) is 0 Å². The molecule has 0 bridgehead atoms. The Balaban J connectivity index is 1.74. The van der Waals surface area contributed by atoms with Crippen molar-refractivity contribution in [2.24, 2.45) is 11.7 Å².